The Morgan fingerprint density at radius 1 is 1.31 bits per heavy atom. The summed E-state index contributed by atoms with van der Waals surface area (Å²) in [4.78, 5) is 1.26. The van der Waals surface area contributed by atoms with E-state index in [1.807, 2.05) is 12.1 Å². The summed E-state index contributed by atoms with van der Waals surface area (Å²) in [6, 6.07) is 10.3. The number of furan rings is 1. The molecule has 0 radical (unpaired) electrons. The lowest BCUT2D eigenvalue weighted by molar-refractivity contribution is 0.530. The van der Waals surface area contributed by atoms with Gasteiger partial charge < -0.3 is 10.2 Å². The summed E-state index contributed by atoms with van der Waals surface area (Å²) in [5.74, 6) is 1.87. The number of hydrogen-bond acceptors (Lipinski definition) is 3. The summed E-state index contributed by atoms with van der Waals surface area (Å²) in [5, 5.41) is 0. The average Bonchev–Trinajstić information content (AvgIpc) is 2.79. The minimum atomic E-state index is 0.606. The van der Waals surface area contributed by atoms with E-state index in [1.165, 1.54) is 16.0 Å². The molecule has 0 amide bonds. The van der Waals surface area contributed by atoms with Crippen LogP contribution in [0.2, 0.25) is 0 Å². The molecule has 0 fully saturated rings. The van der Waals surface area contributed by atoms with Crippen molar-refractivity contribution in [1.82, 2.24) is 0 Å². The van der Waals surface area contributed by atoms with Crippen LogP contribution in [0, 0.1) is 6.92 Å². The van der Waals surface area contributed by atoms with Gasteiger partial charge in [-0.25, -0.2) is 0 Å². The van der Waals surface area contributed by atoms with Crippen molar-refractivity contribution >= 4 is 11.8 Å². The van der Waals surface area contributed by atoms with E-state index in [2.05, 4.69) is 25.1 Å². The zero-order valence-electron chi connectivity index (χ0n) is 9.27. The van der Waals surface area contributed by atoms with E-state index in [9.17, 15) is 0 Å². The zero-order valence-corrected chi connectivity index (χ0v) is 10.1. The first kappa shape index (κ1) is 11.3. The van der Waals surface area contributed by atoms with Crippen molar-refractivity contribution in [3.63, 3.8) is 0 Å². The second-order valence-corrected chi connectivity index (χ2v) is 4.71. The quantitative estimate of drug-likeness (QED) is 0.823. The van der Waals surface area contributed by atoms with Gasteiger partial charge >= 0.3 is 0 Å². The number of benzene rings is 1. The molecule has 0 saturated heterocycles. The summed E-state index contributed by atoms with van der Waals surface area (Å²) in [6.07, 6.45) is 1.71. The Balaban J connectivity index is 2.02. The summed E-state index contributed by atoms with van der Waals surface area (Å²) in [6.45, 7) is 2.70. The molecule has 0 aliphatic rings. The van der Waals surface area contributed by atoms with Gasteiger partial charge in [-0.15, -0.1) is 11.8 Å². The van der Waals surface area contributed by atoms with Crippen LogP contribution in [0.4, 0.5) is 0 Å². The first-order chi connectivity index (χ1) is 7.79. The third-order valence-electron chi connectivity index (χ3n) is 2.50. The van der Waals surface area contributed by atoms with E-state index >= 15 is 0 Å². The van der Waals surface area contributed by atoms with E-state index in [0.29, 0.717) is 6.54 Å². The SMILES string of the molecule is Cc1cc(SCc2ccco2)ccc1CN. The molecule has 0 spiro atoms. The van der Waals surface area contributed by atoms with Gasteiger partial charge in [0.2, 0.25) is 0 Å². The molecule has 2 N–H and O–H groups in total. The molecule has 84 valence electrons. The predicted octanol–water partition coefficient (Wildman–Crippen LogP) is 3.34. The zero-order chi connectivity index (χ0) is 11.4. The van der Waals surface area contributed by atoms with Crippen LogP contribution in [0.3, 0.4) is 0 Å². The molecule has 0 atom stereocenters. The van der Waals surface area contributed by atoms with Crippen LogP contribution in [0.15, 0.2) is 45.9 Å². The highest BCUT2D eigenvalue weighted by Crippen LogP contribution is 2.24. The summed E-state index contributed by atoms with van der Waals surface area (Å²) in [7, 11) is 0. The van der Waals surface area contributed by atoms with Crippen LogP contribution in [-0.4, -0.2) is 0 Å². The van der Waals surface area contributed by atoms with Gasteiger partial charge in [0.25, 0.3) is 0 Å². The van der Waals surface area contributed by atoms with Crippen LogP contribution in [0.5, 0.6) is 0 Å². The Labute approximate surface area is 99.8 Å². The standard InChI is InChI=1S/C13H15NOS/c1-10-7-13(5-4-11(10)8-14)16-9-12-3-2-6-15-12/h2-7H,8-9,14H2,1H3. The van der Waals surface area contributed by atoms with Gasteiger partial charge in [-0.2, -0.15) is 0 Å². The molecule has 0 aliphatic carbocycles. The lowest BCUT2D eigenvalue weighted by atomic mass is 10.1. The Kier molecular flexibility index (Phi) is 3.70. The van der Waals surface area contributed by atoms with Crippen LogP contribution >= 0.6 is 11.8 Å². The summed E-state index contributed by atoms with van der Waals surface area (Å²) >= 11 is 1.78. The highest BCUT2D eigenvalue weighted by Gasteiger charge is 2.01. The highest BCUT2D eigenvalue weighted by molar-refractivity contribution is 7.98. The Bertz CT molecular complexity index is 451. The average molecular weight is 233 g/mol. The Hall–Kier alpha value is -1.19. The molecule has 1 heterocycles. The topological polar surface area (TPSA) is 39.2 Å². The second-order valence-electron chi connectivity index (χ2n) is 3.66. The van der Waals surface area contributed by atoms with Crippen LogP contribution in [0.1, 0.15) is 16.9 Å². The maximum absolute atomic E-state index is 5.63. The molecule has 1 aromatic heterocycles. The lowest BCUT2D eigenvalue weighted by Crippen LogP contribution is -1.98. The number of aryl methyl sites for hydroxylation is 1. The van der Waals surface area contributed by atoms with E-state index in [1.54, 1.807) is 18.0 Å². The molecule has 16 heavy (non-hydrogen) atoms. The first-order valence-electron chi connectivity index (χ1n) is 5.24. The molecule has 3 heteroatoms. The molecule has 2 nitrogen and oxygen atoms in total. The normalized spacial score (nSPS) is 10.6. The fourth-order valence-corrected chi connectivity index (χ4v) is 2.43. The molecule has 2 aromatic rings. The molecule has 0 bridgehead atoms. The molecule has 0 unspecified atom stereocenters. The van der Waals surface area contributed by atoms with Crippen LogP contribution < -0.4 is 5.73 Å². The maximum Gasteiger partial charge on any atom is 0.113 e. The number of thioether (sulfide) groups is 1. The first-order valence-corrected chi connectivity index (χ1v) is 6.23. The van der Waals surface area contributed by atoms with Crippen molar-refractivity contribution in [1.29, 1.82) is 0 Å². The molecule has 2 rings (SSSR count). The third kappa shape index (κ3) is 2.68. The number of rotatable bonds is 4. The van der Waals surface area contributed by atoms with Gasteiger partial charge in [-0.05, 0) is 42.3 Å². The highest BCUT2D eigenvalue weighted by atomic mass is 32.2. The largest absolute Gasteiger partial charge is 0.468 e. The minimum Gasteiger partial charge on any atom is -0.468 e. The molecular weight excluding hydrogens is 218 g/mol. The van der Waals surface area contributed by atoms with Crippen molar-refractivity contribution in [3.05, 3.63) is 53.5 Å². The van der Waals surface area contributed by atoms with Crippen molar-refractivity contribution in [2.75, 3.05) is 0 Å². The van der Waals surface area contributed by atoms with Gasteiger partial charge in [-0.1, -0.05) is 6.07 Å². The second kappa shape index (κ2) is 5.23. The molecule has 1 aromatic carbocycles. The minimum absolute atomic E-state index is 0.606. The lowest BCUT2D eigenvalue weighted by Gasteiger charge is -2.05. The van der Waals surface area contributed by atoms with Gasteiger partial charge in [0.1, 0.15) is 5.76 Å². The number of hydrogen-bond donors (Lipinski definition) is 1. The molecule has 0 aliphatic heterocycles. The van der Waals surface area contributed by atoms with E-state index in [4.69, 9.17) is 10.2 Å². The molecular formula is C13H15NOS. The Morgan fingerprint density at radius 2 is 2.19 bits per heavy atom. The van der Waals surface area contributed by atoms with Crippen LogP contribution in [0.25, 0.3) is 0 Å². The van der Waals surface area contributed by atoms with Crippen LogP contribution in [-0.2, 0) is 12.3 Å². The number of nitrogens with two attached hydrogens (primary N) is 1. The smallest absolute Gasteiger partial charge is 0.113 e. The van der Waals surface area contributed by atoms with E-state index < -0.39 is 0 Å². The van der Waals surface area contributed by atoms with E-state index in [-0.39, 0.29) is 0 Å². The van der Waals surface area contributed by atoms with Crippen molar-refractivity contribution < 1.29 is 4.42 Å². The fourth-order valence-electron chi connectivity index (χ4n) is 1.54. The van der Waals surface area contributed by atoms with Gasteiger partial charge in [0.05, 0.1) is 12.0 Å². The third-order valence-corrected chi connectivity index (χ3v) is 3.51. The van der Waals surface area contributed by atoms with Gasteiger partial charge in [0, 0.05) is 11.4 Å². The fraction of sp³-hybridized carbons (Fsp3) is 0.231. The van der Waals surface area contributed by atoms with Crippen molar-refractivity contribution in [2.45, 2.75) is 24.1 Å². The predicted molar refractivity (Wildman–Crippen MR) is 67.3 cm³/mol. The maximum atomic E-state index is 5.63. The van der Waals surface area contributed by atoms with E-state index in [0.717, 1.165) is 11.5 Å². The Morgan fingerprint density at radius 3 is 2.81 bits per heavy atom. The van der Waals surface area contributed by atoms with Crippen molar-refractivity contribution in [3.8, 4) is 0 Å². The van der Waals surface area contributed by atoms with Crippen molar-refractivity contribution in [2.24, 2.45) is 5.73 Å². The summed E-state index contributed by atoms with van der Waals surface area (Å²) in [5.41, 5.74) is 8.10. The monoisotopic (exact) mass is 233 g/mol. The van der Waals surface area contributed by atoms with Gasteiger partial charge in [-0.3, -0.25) is 0 Å². The molecule has 0 saturated carbocycles. The summed E-state index contributed by atoms with van der Waals surface area (Å²) < 4.78 is 5.29. The van der Waals surface area contributed by atoms with Gasteiger partial charge in [0.15, 0.2) is 0 Å².